The van der Waals surface area contributed by atoms with Crippen molar-refractivity contribution in [2.45, 2.75) is 72.8 Å². The van der Waals surface area contributed by atoms with Crippen molar-refractivity contribution in [3.8, 4) is 0 Å². The molecule has 3 aromatic rings. The molecule has 1 N–H and O–H groups in total. The van der Waals surface area contributed by atoms with Crippen LogP contribution in [0.4, 0.5) is 5.69 Å². The highest BCUT2D eigenvalue weighted by molar-refractivity contribution is 7.18. The molecule has 0 radical (unpaired) electrons. The number of rotatable bonds is 6. The first-order valence-corrected chi connectivity index (χ1v) is 12.5. The van der Waals surface area contributed by atoms with Gasteiger partial charge in [-0.15, -0.1) is 11.3 Å². The molecule has 1 unspecified atom stereocenters. The molecule has 170 valence electrons. The van der Waals surface area contributed by atoms with Gasteiger partial charge in [-0.05, 0) is 66.7 Å². The van der Waals surface area contributed by atoms with Crippen LogP contribution >= 0.6 is 11.3 Å². The van der Waals surface area contributed by atoms with Gasteiger partial charge in [-0.25, -0.2) is 4.98 Å². The van der Waals surface area contributed by atoms with E-state index in [1.54, 1.807) is 11.3 Å². The van der Waals surface area contributed by atoms with E-state index in [2.05, 4.69) is 38.0 Å². The van der Waals surface area contributed by atoms with Gasteiger partial charge in [-0.1, -0.05) is 46.2 Å². The number of aryl methyl sites for hydroxylation is 2. The fraction of sp³-hybridized carbons (Fsp3) is 0.500. The van der Waals surface area contributed by atoms with Crippen molar-refractivity contribution in [3.63, 3.8) is 0 Å². The Hall–Kier alpha value is -2.47. The Balaban J connectivity index is 1.50. The molecule has 2 aromatic heterocycles. The molecule has 2 heterocycles. The molecule has 0 spiro atoms. The molecular formula is C26H33N3O2S. The number of hydrogen-bond acceptors (Lipinski definition) is 4. The lowest BCUT2D eigenvalue weighted by Gasteiger charge is -2.33. The number of unbranched alkanes of at least 4 members (excludes halogenated alkanes) is 1. The summed E-state index contributed by atoms with van der Waals surface area (Å²) in [5.41, 5.74) is 3.32. The molecule has 1 aliphatic carbocycles. The lowest BCUT2D eigenvalue weighted by atomic mass is 9.72. The molecule has 1 amide bonds. The maximum absolute atomic E-state index is 13.2. The van der Waals surface area contributed by atoms with Gasteiger partial charge in [0.15, 0.2) is 0 Å². The highest BCUT2D eigenvalue weighted by atomic mass is 32.1. The van der Waals surface area contributed by atoms with E-state index in [4.69, 9.17) is 0 Å². The zero-order chi connectivity index (χ0) is 22.9. The predicted molar refractivity (Wildman–Crippen MR) is 133 cm³/mol. The second kappa shape index (κ2) is 9.18. The van der Waals surface area contributed by atoms with Crippen LogP contribution in [0.5, 0.6) is 0 Å². The van der Waals surface area contributed by atoms with Crippen LogP contribution in [0.15, 0.2) is 35.4 Å². The van der Waals surface area contributed by atoms with Crippen molar-refractivity contribution < 1.29 is 4.79 Å². The third-order valence-corrected chi connectivity index (χ3v) is 7.79. The quantitative estimate of drug-likeness (QED) is 0.531. The SMILES string of the molecule is CCCCc1ccc(NC(=O)Cn2cnc3sc4c(c3c2=O)CCC(C(C)(C)C)C4)cc1. The average molecular weight is 452 g/mol. The molecule has 1 atom stereocenters. The van der Waals surface area contributed by atoms with E-state index in [-0.39, 0.29) is 23.4 Å². The second-order valence-electron chi connectivity index (χ2n) is 10.0. The Labute approximate surface area is 193 Å². The standard InChI is InChI=1S/C26H33N3O2S/c1-5-6-7-17-8-11-19(12-9-17)28-22(30)15-29-16-27-24-23(25(29)31)20-13-10-18(26(2,3)4)14-21(20)32-24/h8-9,11-12,16,18H,5-7,10,13-15H2,1-4H3,(H,28,30). The first-order valence-electron chi connectivity index (χ1n) is 11.6. The molecule has 0 aliphatic heterocycles. The minimum Gasteiger partial charge on any atom is -0.325 e. The largest absolute Gasteiger partial charge is 0.325 e. The van der Waals surface area contributed by atoms with E-state index in [9.17, 15) is 9.59 Å². The van der Waals surface area contributed by atoms with Crippen LogP contribution in [0.2, 0.25) is 0 Å². The normalized spacial score (nSPS) is 16.2. The summed E-state index contributed by atoms with van der Waals surface area (Å²) in [5.74, 6) is 0.399. The summed E-state index contributed by atoms with van der Waals surface area (Å²) in [6, 6.07) is 7.95. The van der Waals surface area contributed by atoms with Gasteiger partial charge in [0.1, 0.15) is 11.4 Å². The fourth-order valence-corrected chi connectivity index (χ4v) is 5.80. The van der Waals surface area contributed by atoms with Gasteiger partial charge in [-0.2, -0.15) is 0 Å². The van der Waals surface area contributed by atoms with E-state index in [0.717, 1.165) is 54.6 Å². The number of hydrogen-bond donors (Lipinski definition) is 1. The first kappa shape index (κ1) is 22.7. The number of nitrogens with zero attached hydrogens (tertiary/aromatic N) is 2. The molecule has 1 aromatic carbocycles. The Bertz CT molecular complexity index is 1170. The van der Waals surface area contributed by atoms with Crippen molar-refractivity contribution in [2.75, 3.05) is 5.32 Å². The third kappa shape index (κ3) is 4.80. The monoisotopic (exact) mass is 451 g/mol. The van der Waals surface area contributed by atoms with Gasteiger partial charge in [0.05, 0.1) is 11.7 Å². The number of aromatic nitrogens is 2. The number of fused-ring (bicyclic) bond motifs is 3. The van der Waals surface area contributed by atoms with Gasteiger partial charge in [0.2, 0.25) is 5.91 Å². The van der Waals surface area contributed by atoms with Gasteiger partial charge < -0.3 is 5.32 Å². The Morgan fingerprint density at radius 3 is 2.69 bits per heavy atom. The summed E-state index contributed by atoms with van der Waals surface area (Å²) < 4.78 is 1.44. The first-order chi connectivity index (χ1) is 15.3. The van der Waals surface area contributed by atoms with Crippen molar-refractivity contribution in [2.24, 2.45) is 11.3 Å². The summed E-state index contributed by atoms with van der Waals surface area (Å²) >= 11 is 1.65. The molecule has 0 fully saturated rings. The minimum absolute atomic E-state index is 0.0331. The number of benzene rings is 1. The van der Waals surface area contributed by atoms with Crippen molar-refractivity contribution in [3.05, 3.63) is 57.0 Å². The maximum Gasteiger partial charge on any atom is 0.262 e. The zero-order valence-corrected chi connectivity index (χ0v) is 20.3. The molecule has 5 nitrogen and oxygen atoms in total. The lowest BCUT2D eigenvalue weighted by Crippen LogP contribution is -2.29. The zero-order valence-electron chi connectivity index (χ0n) is 19.5. The molecule has 1 aliphatic rings. The van der Waals surface area contributed by atoms with Crippen molar-refractivity contribution in [1.82, 2.24) is 9.55 Å². The average Bonchev–Trinajstić information content (AvgIpc) is 3.13. The summed E-state index contributed by atoms with van der Waals surface area (Å²) in [6.07, 6.45) is 7.89. The number of thiophene rings is 1. The number of carbonyl (C=O) groups excluding carboxylic acids is 1. The van der Waals surface area contributed by atoms with Crippen molar-refractivity contribution in [1.29, 1.82) is 0 Å². The van der Waals surface area contributed by atoms with Crippen LogP contribution in [-0.4, -0.2) is 15.5 Å². The third-order valence-electron chi connectivity index (χ3n) is 6.63. The van der Waals surface area contributed by atoms with E-state index in [1.165, 1.54) is 21.3 Å². The molecule has 6 heteroatoms. The summed E-state index contributed by atoms with van der Waals surface area (Å²) in [6.45, 7) is 9.02. The molecular weight excluding hydrogens is 418 g/mol. The number of nitrogens with one attached hydrogen (secondary N) is 1. The van der Waals surface area contributed by atoms with Gasteiger partial charge >= 0.3 is 0 Å². The van der Waals surface area contributed by atoms with E-state index in [1.807, 2.05) is 24.3 Å². The van der Waals surface area contributed by atoms with Gasteiger partial charge in [0, 0.05) is 10.6 Å². The molecule has 0 bridgehead atoms. The van der Waals surface area contributed by atoms with Crippen LogP contribution < -0.4 is 10.9 Å². The topological polar surface area (TPSA) is 64.0 Å². The Kier molecular flexibility index (Phi) is 6.52. The van der Waals surface area contributed by atoms with Crippen molar-refractivity contribution >= 4 is 33.1 Å². The van der Waals surface area contributed by atoms with E-state index in [0.29, 0.717) is 11.3 Å². The smallest absolute Gasteiger partial charge is 0.262 e. The van der Waals surface area contributed by atoms with Crippen LogP contribution in [-0.2, 0) is 30.6 Å². The molecule has 0 saturated carbocycles. The van der Waals surface area contributed by atoms with E-state index >= 15 is 0 Å². The minimum atomic E-state index is -0.216. The summed E-state index contributed by atoms with van der Waals surface area (Å²) in [7, 11) is 0. The second-order valence-corrected chi connectivity index (χ2v) is 11.1. The van der Waals surface area contributed by atoms with Crippen LogP contribution in [0.25, 0.3) is 10.2 Å². The molecule has 4 rings (SSSR count). The number of amides is 1. The highest BCUT2D eigenvalue weighted by Crippen LogP contribution is 2.41. The Morgan fingerprint density at radius 1 is 1.25 bits per heavy atom. The van der Waals surface area contributed by atoms with Crippen LogP contribution in [0, 0.1) is 11.3 Å². The Morgan fingerprint density at radius 2 is 2.00 bits per heavy atom. The molecule has 32 heavy (non-hydrogen) atoms. The van der Waals surface area contributed by atoms with Gasteiger partial charge in [-0.3, -0.25) is 14.2 Å². The lowest BCUT2D eigenvalue weighted by molar-refractivity contribution is -0.116. The predicted octanol–water partition coefficient (Wildman–Crippen LogP) is 5.59. The summed E-state index contributed by atoms with van der Waals surface area (Å²) in [5, 5.41) is 3.62. The highest BCUT2D eigenvalue weighted by Gasteiger charge is 2.31. The van der Waals surface area contributed by atoms with Gasteiger partial charge in [0.25, 0.3) is 5.56 Å². The van der Waals surface area contributed by atoms with Crippen LogP contribution in [0.1, 0.15) is 63.0 Å². The van der Waals surface area contributed by atoms with Crippen LogP contribution in [0.3, 0.4) is 0 Å². The maximum atomic E-state index is 13.2. The van der Waals surface area contributed by atoms with E-state index < -0.39 is 0 Å². The fourth-order valence-electron chi connectivity index (χ4n) is 4.54. The number of anilines is 1. The molecule has 0 saturated heterocycles. The number of carbonyl (C=O) groups is 1. The summed E-state index contributed by atoms with van der Waals surface area (Å²) in [4.78, 5) is 32.5.